The molecule has 1 heterocycles. The van der Waals surface area contributed by atoms with E-state index in [2.05, 4.69) is 4.99 Å². The van der Waals surface area contributed by atoms with Crippen molar-refractivity contribution in [3.63, 3.8) is 0 Å². The van der Waals surface area contributed by atoms with E-state index >= 15 is 0 Å². The molecule has 0 N–H and O–H groups in total. The van der Waals surface area contributed by atoms with Crippen LogP contribution in [-0.4, -0.2) is 29.6 Å². The van der Waals surface area contributed by atoms with E-state index in [4.69, 9.17) is 9.47 Å². The Kier molecular flexibility index (Phi) is 3.98. The number of hydrogen-bond donors (Lipinski definition) is 0. The van der Waals surface area contributed by atoms with E-state index in [0.717, 1.165) is 12.1 Å². The van der Waals surface area contributed by atoms with Gasteiger partial charge in [-0.1, -0.05) is 0 Å². The molecule has 2 aliphatic rings. The van der Waals surface area contributed by atoms with Gasteiger partial charge in [-0.05, 0) is 36.4 Å². The maximum absolute atomic E-state index is 12.7. The fourth-order valence-electron chi connectivity index (χ4n) is 2.30. The number of allylic oxidation sites excluding steroid dienone is 2. The zero-order chi connectivity index (χ0) is 17.4. The van der Waals surface area contributed by atoms with Gasteiger partial charge in [-0.2, -0.15) is 13.2 Å². The molecule has 1 fully saturated rings. The summed E-state index contributed by atoms with van der Waals surface area (Å²) in [6.45, 7) is 0.872. The fourth-order valence-corrected chi connectivity index (χ4v) is 2.30. The fraction of sp³-hybridized carbons (Fsp3) is 0.267. The average Bonchev–Trinajstić information content (AvgIpc) is 2.97. The van der Waals surface area contributed by atoms with Gasteiger partial charge in [0.2, 0.25) is 5.79 Å². The van der Waals surface area contributed by atoms with Crippen LogP contribution in [0.25, 0.3) is 0 Å². The molecule has 1 spiro atoms. The van der Waals surface area contributed by atoms with Crippen LogP contribution in [0, 0.1) is 10.1 Å². The molecule has 0 saturated carbocycles. The standard InChI is InChI=1S/C15H11F3N2O4/c16-15(17,18)10-1-2-12(13(9-10)20(21)22)19-11-3-5-14(6-4-11)23-7-8-24-14/h1-6,9H,7-8H2. The zero-order valence-corrected chi connectivity index (χ0v) is 12.1. The molecule has 3 rings (SSSR count). The second-order valence-corrected chi connectivity index (χ2v) is 5.08. The molecule has 1 aliphatic carbocycles. The van der Waals surface area contributed by atoms with Crippen LogP contribution in [0.1, 0.15) is 5.56 Å². The average molecular weight is 340 g/mol. The predicted octanol–water partition coefficient (Wildman–Crippen LogP) is 3.56. The highest BCUT2D eigenvalue weighted by Crippen LogP contribution is 2.36. The Labute approximate surface area is 134 Å². The number of nitrogens with zero attached hydrogens (tertiary/aromatic N) is 2. The Hall–Kier alpha value is -2.52. The summed E-state index contributed by atoms with van der Waals surface area (Å²) in [7, 11) is 0. The lowest BCUT2D eigenvalue weighted by atomic mass is 10.1. The quantitative estimate of drug-likeness (QED) is 0.609. The number of alkyl halides is 3. The lowest BCUT2D eigenvalue weighted by molar-refractivity contribution is -0.384. The molecular formula is C15H11F3N2O4. The number of nitro benzene ring substituents is 1. The summed E-state index contributed by atoms with van der Waals surface area (Å²) < 4.78 is 48.9. The summed E-state index contributed by atoms with van der Waals surface area (Å²) >= 11 is 0. The van der Waals surface area contributed by atoms with Crippen molar-refractivity contribution in [2.24, 2.45) is 4.99 Å². The van der Waals surface area contributed by atoms with E-state index in [-0.39, 0.29) is 5.69 Å². The maximum Gasteiger partial charge on any atom is 0.416 e. The topological polar surface area (TPSA) is 74.0 Å². The van der Waals surface area contributed by atoms with Crippen LogP contribution >= 0.6 is 0 Å². The number of halogens is 3. The summed E-state index contributed by atoms with van der Waals surface area (Å²) in [6, 6.07) is 2.20. The molecule has 0 bridgehead atoms. The molecule has 24 heavy (non-hydrogen) atoms. The van der Waals surface area contributed by atoms with Crippen molar-refractivity contribution in [1.29, 1.82) is 0 Å². The van der Waals surface area contributed by atoms with Gasteiger partial charge < -0.3 is 9.47 Å². The predicted molar refractivity (Wildman–Crippen MR) is 78.1 cm³/mol. The van der Waals surface area contributed by atoms with Crippen LogP contribution in [0.2, 0.25) is 0 Å². The van der Waals surface area contributed by atoms with Gasteiger partial charge >= 0.3 is 6.18 Å². The van der Waals surface area contributed by atoms with Crippen LogP contribution < -0.4 is 0 Å². The van der Waals surface area contributed by atoms with Gasteiger partial charge in [-0.25, -0.2) is 4.99 Å². The van der Waals surface area contributed by atoms with Crippen molar-refractivity contribution < 1.29 is 27.6 Å². The van der Waals surface area contributed by atoms with Gasteiger partial charge in [0.25, 0.3) is 5.69 Å². The maximum atomic E-state index is 12.7. The largest absolute Gasteiger partial charge is 0.416 e. The van der Waals surface area contributed by atoms with E-state index in [1.54, 1.807) is 12.2 Å². The molecule has 9 heteroatoms. The normalized spacial score (nSPS) is 19.0. The van der Waals surface area contributed by atoms with Crippen molar-refractivity contribution in [2.75, 3.05) is 13.2 Å². The van der Waals surface area contributed by atoms with E-state index < -0.39 is 28.1 Å². The molecule has 0 amide bonds. The van der Waals surface area contributed by atoms with Gasteiger partial charge in [-0.3, -0.25) is 10.1 Å². The summed E-state index contributed by atoms with van der Waals surface area (Å²) in [4.78, 5) is 14.2. The first-order valence-electron chi connectivity index (χ1n) is 6.90. The third-order valence-corrected chi connectivity index (χ3v) is 3.46. The Morgan fingerprint density at radius 1 is 1.17 bits per heavy atom. The lowest BCUT2D eigenvalue weighted by Gasteiger charge is -2.21. The van der Waals surface area contributed by atoms with Crippen molar-refractivity contribution in [1.82, 2.24) is 0 Å². The Bertz CT molecular complexity index is 744. The second kappa shape index (κ2) is 5.84. The van der Waals surface area contributed by atoms with Crippen molar-refractivity contribution in [3.8, 4) is 0 Å². The van der Waals surface area contributed by atoms with Crippen LogP contribution in [0.3, 0.4) is 0 Å². The monoisotopic (exact) mass is 340 g/mol. The molecular weight excluding hydrogens is 329 g/mol. The zero-order valence-electron chi connectivity index (χ0n) is 12.1. The number of nitro groups is 1. The first-order valence-corrected chi connectivity index (χ1v) is 6.90. The smallest absolute Gasteiger partial charge is 0.341 e. The van der Waals surface area contributed by atoms with Crippen molar-refractivity contribution in [2.45, 2.75) is 12.0 Å². The Morgan fingerprint density at radius 3 is 2.33 bits per heavy atom. The lowest BCUT2D eigenvalue weighted by Crippen LogP contribution is -2.26. The third kappa shape index (κ3) is 3.22. The molecule has 0 aromatic heterocycles. The third-order valence-electron chi connectivity index (χ3n) is 3.46. The first-order chi connectivity index (χ1) is 11.3. The van der Waals surface area contributed by atoms with E-state index in [9.17, 15) is 23.3 Å². The number of ether oxygens (including phenoxy) is 2. The highest BCUT2D eigenvalue weighted by molar-refractivity contribution is 6.06. The van der Waals surface area contributed by atoms with E-state index in [0.29, 0.717) is 25.0 Å². The highest BCUT2D eigenvalue weighted by atomic mass is 19.4. The van der Waals surface area contributed by atoms with Crippen LogP contribution in [0.15, 0.2) is 47.5 Å². The molecule has 1 saturated heterocycles. The van der Waals surface area contributed by atoms with Gasteiger partial charge in [0.05, 0.1) is 29.4 Å². The van der Waals surface area contributed by atoms with Gasteiger partial charge in [0.15, 0.2) is 0 Å². The SMILES string of the molecule is O=[N+]([O-])c1cc(C(F)(F)F)ccc1N=C1C=CC2(C=C1)OCCO2. The van der Waals surface area contributed by atoms with E-state index in [1.807, 2.05) is 0 Å². The van der Waals surface area contributed by atoms with Crippen LogP contribution in [0.5, 0.6) is 0 Å². The van der Waals surface area contributed by atoms with Crippen molar-refractivity contribution in [3.05, 3.63) is 58.2 Å². The molecule has 1 aliphatic heterocycles. The molecule has 0 atom stereocenters. The minimum Gasteiger partial charge on any atom is -0.341 e. The molecule has 126 valence electrons. The van der Waals surface area contributed by atoms with Crippen LogP contribution in [0.4, 0.5) is 24.5 Å². The molecule has 6 nitrogen and oxygen atoms in total. The summed E-state index contributed by atoms with van der Waals surface area (Å²) in [5.74, 6) is -0.953. The van der Waals surface area contributed by atoms with Gasteiger partial charge in [-0.15, -0.1) is 0 Å². The summed E-state index contributed by atoms with van der Waals surface area (Å²) in [6.07, 6.45) is 1.59. The minimum absolute atomic E-state index is 0.165. The van der Waals surface area contributed by atoms with Gasteiger partial charge in [0.1, 0.15) is 5.69 Å². The minimum atomic E-state index is -4.66. The number of aliphatic imine (C=N–C) groups is 1. The molecule has 1 aromatic rings. The van der Waals surface area contributed by atoms with Crippen molar-refractivity contribution >= 4 is 17.1 Å². The molecule has 0 unspecified atom stereocenters. The first kappa shape index (κ1) is 16.3. The number of rotatable bonds is 2. The molecule has 1 aromatic carbocycles. The second-order valence-electron chi connectivity index (χ2n) is 5.08. The van der Waals surface area contributed by atoms with Crippen LogP contribution in [-0.2, 0) is 15.7 Å². The van der Waals surface area contributed by atoms with E-state index in [1.165, 1.54) is 12.2 Å². The number of benzene rings is 1. The number of hydrogen-bond acceptors (Lipinski definition) is 5. The molecule has 0 radical (unpaired) electrons. The summed E-state index contributed by atoms with van der Waals surface area (Å²) in [5.41, 5.74) is -1.64. The summed E-state index contributed by atoms with van der Waals surface area (Å²) in [5, 5.41) is 11.0. The Morgan fingerprint density at radius 2 is 1.79 bits per heavy atom. The van der Waals surface area contributed by atoms with Gasteiger partial charge in [0, 0.05) is 6.07 Å². The Balaban J connectivity index is 1.93. The highest BCUT2D eigenvalue weighted by Gasteiger charge is 2.34.